The van der Waals surface area contributed by atoms with Crippen LogP contribution in [0.5, 0.6) is 0 Å². The van der Waals surface area contributed by atoms with E-state index in [1.54, 1.807) is 0 Å². The van der Waals surface area contributed by atoms with Crippen LogP contribution in [0.1, 0.15) is 33.1 Å². The van der Waals surface area contributed by atoms with Crippen molar-refractivity contribution in [3.63, 3.8) is 0 Å². The number of ether oxygens (including phenoxy) is 2. The van der Waals surface area contributed by atoms with Crippen molar-refractivity contribution in [3.05, 3.63) is 0 Å². The third-order valence-electron chi connectivity index (χ3n) is 3.86. The zero-order valence-corrected chi connectivity index (χ0v) is 10.9. The van der Waals surface area contributed by atoms with E-state index in [1.807, 2.05) is 0 Å². The molecule has 4 heteroatoms. The van der Waals surface area contributed by atoms with Crippen molar-refractivity contribution >= 4 is 0 Å². The van der Waals surface area contributed by atoms with Crippen LogP contribution in [0.25, 0.3) is 0 Å². The van der Waals surface area contributed by atoms with Crippen molar-refractivity contribution in [1.82, 2.24) is 5.32 Å². The van der Waals surface area contributed by atoms with E-state index in [-0.39, 0.29) is 0 Å². The molecule has 0 bridgehead atoms. The maximum Gasteiger partial charge on any atom is 0.102 e. The van der Waals surface area contributed by atoms with Gasteiger partial charge in [0.2, 0.25) is 0 Å². The van der Waals surface area contributed by atoms with E-state index in [9.17, 15) is 5.11 Å². The molecule has 0 amide bonds. The lowest BCUT2D eigenvalue weighted by Gasteiger charge is -2.34. The highest BCUT2D eigenvalue weighted by Crippen LogP contribution is 2.22. The molecular formula is C13H25NO3. The Morgan fingerprint density at radius 1 is 1.41 bits per heavy atom. The third kappa shape index (κ3) is 3.65. The summed E-state index contributed by atoms with van der Waals surface area (Å²) >= 11 is 0. The molecule has 0 aromatic heterocycles. The molecule has 3 unspecified atom stereocenters. The van der Waals surface area contributed by atoms with Gasteiger partial charge >= 0.3 is 0 Å². The molecule has 2 saturated heterocycles. The Labute approximate surface area is 104 Å². The van der Waals surface area contributed by atoms with Gasteiger partial charge < -0.3 is 19.9 Å². The first-order valence-corrected chi connectivity index (χ1v) is 6.74. The molecule has 17 heavy (non-hydrogen) atoms. The molecule has 2 N–H and O–H groups in total. The highest BCUT2D eigenvalue weighted by molar-refractivity contribution is 4.88. The zero-order valence-electron chi connectivity index (χ0n) is 10.9. The van der Waals surface area contributed by atoms with Crippen LogP contribution in [0.4, 0.5) is 0 Å². The van der Waals surface area contributed by atoms with Crippen molar-refractivity contribution in [2.75, 3.05) is 26.4 Å². The van der Waals surface area contributed by atoms with Crippen LogP contribution >= 0.6 is 0 Å². The standard InChI is InChI=1S/C13H25NO3/c1-10(2)12-7-11(3-5-17-12)14-8-13(15)4-6-16-9-13/h10-12,14-15H,3-9H2,1-2H3. The number of aliphatic hydroxyl groups is 1. The summed E-state index contributed by atoms with van der Waals surface area (Å²) in [5.41, 5.74) is -0.647. The van der Waals surface area contributed by atoms with Gasteiger partial charge in [0, 0.05) is 32.2 Å². The summed E-state index contributed by atoms with van der Waals surface area (Å²) in [7, 11) is 0. The molecule has 0 aliphatic carbocycles. The van der Waals surface area contributed by atoms with Crippen LogP contribution in [-0.4, -0.2) is 49.2 Å². The first-order valence-electron chi connectivity index (χ1n) is 6.74. The second-order valence-electron chi connectivity index (χ2n) is 5.78. The lowest BCUT2D eigenvalue weighted by molar-refractivity contribution is -0.0310. The van der Waals surface area contributed by atoms with Gasteiger partial charge in [-0.3, -0.25) is 0 Å². The minimum atomic E-state index is -0.647. The molecule has 0 radical (unpaired) electrons. The summed E-state index contributed by atoms with van der Waals surface area (Å²) in [5, 5.41) is 13.7. The topological polar surface area (TPSA) is 50.7 Å². The van der Waals surface area contributed by atoms with E-state index in [1.165, 1.54) is 0 Å². The van der Waals surface area contributed by atoms with Gasteiger partial charge in [-0.1, -0.05) is 13.8 Å². The van der Waals surface area contributed by atoms with Gasteiger partial charge in [0.1, 0.15) is 5.60 Å². The monoisotopic (exact) mass is 243 g/mol. The van der Waals surface area contributed by atoms with Gasteiger partial charge in [-0.15, -0.1) is 0 Å². The summed E-state index contributed by atoms with van der Waals surface area (Å²) in [6, 6.07) is 0.473. The predicted molar refractivity (Wildman–Crippen MR) is 66.0 cm³/mol. The maximum atomic E-state index is 10.2. The molecule has 0 saturated carbocycles. The van der Waals surface area contributed by atoms with E-state index in [2.05, 4.69) is 19.2 Å². The first kappa shape index (κ1) is 13.3. The SMILES string of the molecule is CC(C)C1CC(NCC2(O)CCOC2)CCO1. The van der Waals surface area contributed by atoms with Gasteiger partial charge in [0.15, 0.2) is 0 Å². The molecule has 100 valence electrons. The Morgan fingerprint density at radius 3 is 2.88 bits per heavy atom. The molecule has 2 aliphatic rings. The van der Waals surface area contributed by atoms with Crippen molar-refractivity contribution in [3.8, 4) is 0 Å². The highest BCUT2D eigenvalue weighted by atomic mass is 16.5. The van der Waals surface area contributed by atoms with Crippen LogP contribution in [0.15, 0.2) is 0 Å². The Kier molecular flexibility index (Phi) is 4.42. The summed E-state index contributed by atoms with van der Waals surface area (Å²) in [5.74, 6) is 0.567. The van der Waals surface area contributed by atoms with Gasteiger partial charge in [-0.05, 0) is 18.8 Å². The molecule has 0 spiro atoms. The third-order valence-corrected chi connectivity index (χ3v) is 3.86. The molecule has 2 rings (SSSR count). The van der Waals surface area contributed by atoms with Crippen molar-refractivity contribution in [2.24, 2.45) is 5.92 Å². The van der Waals surface area contributed by atoms with E-state index in [0.717, 1.165) is 25.9 Å². The van der Waals surface area contributed by atoms with Crippen molar-refractivity contribution in [1.29, 1.82) is 0 Å². The molecule has 0 aromatic carbocycles. The molecule has 2 aliphatic heterocycles. The van der Waals surface area contributed by atoms with Crippen LogP contribution < -0.4 is 5.32 Å². The Morgan fingerprint density at radius 2 is 2.24 bits per heavy atom. The fourth-order valence-electron chi connectivity index (χ4n) is 2.55. The normalized spacial score (nSPS) is 38.8. The Balaban J connectivity index is 1.75. The Bertz CT molecular complexity index is 239. The van der Waals surface area contributed by atoms with E-state index in [4.69, 9.17) is 9.47 Å². The minimum absolute atomic E-state index is 0.357. The van der Waals surface area contributed by atoms with Crippen molar-refractivity contribution < 1.29 is 14.6 Å². The molecule has 4 nitrogen and oxygen atoms in total. The molecular weight excluding hydrogens is 218 g/mol. The Hall–Kier alpha value is -0.160. The second-order valence-corrected chi connectivity index (χ2v) is 5.78. The summed E-state index contributed by atoms with van der Waals surface area (Å²) < 4.78 is 11.0. The fourth-order valence-corrected chi connectivity index (χ4v) is 2.55. The van der Waals surface area contributed by atoms with Gasteiger partial charge in [-0.25, -0.2) is 0 Å². The second kappa shape index (κ2) is 5.65. The largest absolute Gasteiger partial charge is 0.386 e. The van der Waals surface area contributed by atoms with Crippen LogP contribution in [0, 0.1) is 5.92 Å². The van der Waals surface area contributed by atoms with Crippen LogP contribution in [-0.2, 0) is 9.47 Å². The summed E-state index contributed by atoms with van der Waals surface area (Å²) in [6.45, 7) is 7.02. The van der Waals surface area contributed by atoms with E-state index >= 15 is 0 Å². The maximum absolute atomic E-state index is 10.2. The van der Waals surface area contributed by atoms with Gasteiger partial charge in [0.25, 0.3) is 0 Å². The van der Waals surface area contributed by atoms with E-state index < -0.39 is 5.60 Å². The smallest absolute Gasteiger partial charge is 0.102 e. The number of nitrogens with one attached hydrogen (secondary N) is 1. The number of hydrogen-bond donors (Lipinski definition) is 2. The zero-order chi connectivity index (χ0) is 12.3. The highest BCUT2D eigenvalue weighted by Gasteiger charge is 2.33. The van der Waals surface area contributed by atoms with Gasteiger partial charge in [-0.2, -0.15) is 0 Å². The average molecular weight is 243 g/mol. The van der Waals surface area contributed by atoms with Crippen molar-refractivity contribution in [2.45, 2.75) is 50.9 Å². The van der Waals surface area contributed by atoms with E-state index in [0.29, 0.717) is 37.8 Å². The minimum Gasteiger partial charge on any atom is -0.386 e. The first-order chi connectivity index (χ1) is 8.09. The average Bonchev–Trinajstić information content (AvgIpc) is 2.75. The molecule has 0 aromatic rings. The van der Waals surface area contributed by atoms with Gasteiger partial charge in [0.05, 0.1) is 12.7 Å². The predicted octanol–water partition coefficient (Wildman–Crippen LogP) is 0.931. The molecule has 3 atom stereocenters. The summed E-state index contributed by atoms with van der Waals surface area (Å²) in [6.07, 6.45) is 3.20. The molecule has 2 heterocycles. The molecule has 2 fully saturated rings. The lowest BCUT2D eigenvalue weighted by Crippen LogP contribution is -2.48. The van der Waals surface area contributed by atoms with Crippen LogP contribution in [0.2, 0.25) is 0 Å². The fraction of sp³-hybridized carbons (Fsp3) is 1.00. The quantitative estimate of drug-likeness (QED) is 0.771. The summed E-state index contributed by atoms with van der Waals surface area (Å²) in [4.78, 5) is 0. The van der Waals surface area contributed by atoms with Crippen LogP contribution in [0.3, 0.4) is 0 Å². The lowest BCUT2D eigenvalue weighted by atomic mass is 9.94. The number of hydrogen-bond acceptors (Lipinski definition) is 4. The number of rotatable bonds is 4.